The molecule has 0 unspecified atom stereocenters. The van der Waals surface area contributed by atoms with Crippen molar-refractivity contribution in [2.75, 3.05) is 0 Å². The minimum atomic E-state index is -0.0316. The van der Waals surface area contributed by atoms with Gasteiger partial charge in [0.25, 0.3) is 0 Å². The standard InChI is InChI=1S/C18H25N3O2S/c1-17(2)12-5-6-13(8-12)18(17,3)20-16(24)21-19-10-11-4-7-14(22)9-15(11)23/h4,7,9-10,12-13,22-23H,5-6,8H2,1-3H3,(H2,20,21,24)/b19-10+/t12-,13-,18+/m1/s1. The van der Waals surface area contributed by atoms with Crippen LogP contribution in [0, 0.1) is 17.3 Å². The molecule has 2 aliphatic rings. The van der Waals surface area contributed by atoms with Gasteiger partial charge >= 0.3 is 0 Å². The Labute approximate surface area is 148 Å². The van der Waals surface area contributed by atoms with Crippen molar-refractivity contribution in [3.8, 4) is 11.5 Å². The van der Waals surface area contributed by atoms with Crippen LogP contribution in [-0.2, 0) is 0 Å². The molecule has 1 aromatic rings. The third-order valence-corrected chi connectivity index (χ3v) is 6.56. The van der Waals surface area contributed by atoms with Gasteiger partial charge in [0.15, 0.2) is 5.11 Å². The zero-order valence-electron chi connectivity index (χ0n) is 14.3. The second kappa shape index (κ2) is 5.92. The molecule has 0 heterocycles. The molecule has 0 radical (unpaired) electrons. The summed E-state index contributed by atoms with van der Waals surface area (Å²) in [6.45, 7) is 6.91. The van der Waals surface area contributed by atoms with Crippen molar-refractivity contribution in [3.05, 3.63) is 23.8 Å². The molecular formula is C18H25N3O2S. The average molecular weight is 347 g/mol. The first-order chi connectivity index (χ1) is 11.2. The van der Waals surface area contributed by atoms with Crippen molar-refractivity contribution in [3.63, 3.8) is 0 Å². The highest BCUT2D eigenvalue weighted by Gasteiger charge is 2.60. The van der Waals surface area contributed by atoms with Crippen LogP contribution in [0.3, 0.4) is 0 Å². The van der Waals surface area contributed by atoms with E-state index >= 15 is 0 Å². The fourth-order valence-electron chi connectivity index (χ4n) is 4.44. The lowest BCUT2D eigenvalue weighted by Crippen LogP contribution is -2.60. The fraction of sp³-hybridized carbons (Fsp3) is 0.556. The summed E-state index contributed by atoms with van der Waals surface area (Å²) in [4.78, 5) is 0. The molecule has 2 aliphatic carbocycles. The number of aromatic hydroxyl groups is 2. The van der Waals surface area contributed by atoms with Crippen molar-refractivity contribution < 1.29 is 10.2 Å². The van der Waals surface area contributed by atoms with E-state index in [1.165, 1.54) is 37.6 Å². The largest absolute Gasteiger partial charge is 0.508 e. The molecule has 5 nitrogen and oxygen atoms in total. The number of benzene rings is 1. The van der Waals surface area contributed by atoms with E-state index in [2.05, 4.69) is 36.6 Å². The van der Waals surface area contributed by atoms with Crippen molar-refractivity contribution in [1.82, 2.24) is 10.7 Å². The quantitative estimate of drug-likeness (QED) is 0.384. The van der Waals surface area contributed by atoms with Crippen LogP contribution >= 0.6 is 12.2 Å². The van der Waals surface area contributed by atoms with E-state index in [1.807, 2.05) is 0 Å². The molecule has 0 saturated heterocycles. The monoisotopic (exact) mass is 347 g/mol. The molecule has 2 bridgehead atoms. The summed E-state index contributed by atoms with van der Waals surface area (Å²) in [6.07, 6.45) is 5.32. The molecule has 3 atom stereocenters. The highest BCUT2D eigenvalue weighted by Crippen LogP contribution is 2.61. The molecule has 1 aromatic carbocycles. The molecule has 0 amide bonds. The first-order valence-corrected chi connectivity index (χ1v) is 8.78. The first-order valence-electron chi connectivity index (χ1n) is 8.37. The molecule has 0 spiro atoms. The number of phenols is 2. The predicted octanol–water partition coefficient (Wildman–Crippen LogP) is 3.11. The van der Waals surface area contributed by atoms with Gasteiger partial charge in [0, 0.05) is 17.2 Å². The molecule has 2 fully saturated rings. The maximum absolute atomic E-state index is 9.74. The van der Waals surface area contributed by atoms with Crippen LogP contribution in [0.5, 0.6) is 11.5 Å². The highest BCUT2D eigenvalue weighted by atomic mass is 32.1. The lowest BCUT2D eigenvalue weighted by Gasteiger charge is -2.48. The van der Waals surface area contributed by atoms with Crippen LogP contribution in [0.15, 0.2) is 23.3 Å². The normalized spacial score (nSPS) is 30.6. The Bertz CT molecular complexity index is 689. The number of hydrogen-bond donors (Lipinski definition) is 4. The Balaban J connectivity index is 1.63. The minimum Gasteiger partial charge on any atom is -0.508 e. The van der Waals surface area contributed by atoms with Gasteiger partial charge in [-0.25, -0.2) is 0 Å². The number of rotatable bonds is 3. The van der Waals surface area contributed by atoms with E-state index in [9.17, 15) is 10.2 Å². The van der Waals surface area contributed by atoms with Gasteiger partial charge < -0.3 is 15.5 Å². The molecule has 4 N–H and O–H groups in total. The van der Waals surface area contributed by atoms with Crippen LogP contribution in [0.4, 0.5) is 0 Å². The van der Waals surface area contributed by atoms with E-state index < -0.39 is 0 Å². The van der Waals surface area contributed by atoms with Crippen molar-refractivity contribution in [2.45, 2.75) is 45.6 Å². The third kappa shape index (κ3) is 2.73. The molecule has 24 heavy (non-hydrogen) atoms. The molecule has 3 rings (SSSR count). The second-order valence-electron chi connectivity index (χ2n) is 7.70. The van der Waals surface area contributed by atoms with Crippen molar-refractivity contribution >= 4 is 23.5 Å². The van der Waals surface area contributed by atoms with Gasteiger partial charge in [0.05, 0.1) is 6.21 Å². The summed E-state index contributed by atoms with van der Waals surface area (Å²) in [5.74, 6) is 1.38. The number of thiocarbonyl (C=S) groups is 1. The van der Waals surface area contributed by atoms with Gasteiger partial charge in [-0.05, 0) is 67.8 Å². The maximum Gasteiger partial charge on any atom is 0.187 e. The smallest absolute Gasteiger partial charge is 0.187 e. The summed E-state index contributed by atoms with van der Waals surface area (Å²) < 4.78 is 0. The van der Waals surface area contributed by atoms with Gasteiger partial charge in [0.1, 0.15) is 11.5 Å². The minimum absolute atomic E-state index is 0.0150. The fourth-order valence-corrected chi connectivity index (χ4v) is 4.70. The number of phenolic OH excluding ortho intramolecular Hbond substituents is 2. The number of fused-ring (bicyclic) bond motifs is 2. The van der Waals surface area contributed by atoms with Crippen LogP contribution in [0.2, 0.25) is 0 Å². The van der Waals surface area contributed by atoms with E-state index in [0.717, 1.165) is 5.92 Å². The van der Waals surface area contributed by atoms with Gasteiger partial charge in [0.2, 0.25) is 0 Å². The Morgan fingerprint density at radius 3 is 2.58 bits per heavy atom. The summed E-state index contributed by atoms with van der Waals surface area (Å²) in [5.41, 5.74) is 3.51. The maximum atomic E-state index is 9.74. The average Bonchev–Trinajstić information content (AvgIpc) is 3.05. The first kappa shape index (κ1) is 17.0. The van der Waals surface area contributed by atoms with Gasteiger partial charge in [-0.15, -0.1) is 0 Å². The summed E-state index contributed by atoms with van der Waals surface area (Å²) in [5, 5.41) is 27.1. The summed E-state index contributed by atoms with van der Waals surface area (Å²) >= 11 is 5.41. The predicted molar refractivity (Wildman–Crippen MR) is 99.3 cm³/mol. The lowest BCUT2D eigenvalue weighted by molar-refractivity contribution is 0.0833. The number of nitrogens with one attached hydrogen (secondary N) is 2. The third-order valence-electron chi connectivity index (χ3n) is 6.37. The zero-order chi connectivity index (χ0) is 17.5. The summed E-state index contributed by atoms with van der Waals surface area (Å²) in [7, 11) is 0. The van der Waals surface area contributed by atoms with E-state index in [4.69, 9.17) is 12.2 Å². The number of hydrogen-bond acceptors (Lipinski definition) is 4. The Hall–Kier alpha value is -1.82. The highest BCUT2D eigenvalue weighted by molar-refractivity contribution is 7.80. The Kier molecular flexibility index (Phi) is 4.20. The van der Waals surface area contributed by atoms with Crippen LogP contribution in [0.25, 0.3) is 0 Å². The van der Waals surface area contributed by atoms with E-state index in [0.29, 0.717) is 16.6 Å². The van der Waals surface area contributed by atoms with Crippen molar-refractivity contribution in [1.29, 1.82) is 0 Å². The van der Waals surface area contributed by atoms with Gasteiger partial charge in [-0.2, -0.15) is 5.10 Å². The molecule has 130 valence electrons. The van der Waals surface area contributed by atoms with Crippen LogP contribution in [-0.4, -0.2) is 27.1 Å². The Morgan fingerprint density at radius 1 is 1.25 bits per heavy atom. The Morgan fingerprint density at radius 2 is 1.96 bits per heavy atom. The SMILES string of the molecule is CC1(C)[C@@H]2CC[C@H](C2)[C@]1(C)NC(=S)N/N=C/c1ccc(O)cc1O. The lowest BCUT2D eigenvalue weighted by atomic mass is 9.64. The van der Waals surface area contributed by atoms with Gasteiger partial charge in [-0.1, -0.05) is 13.8 Å². The van der Waals surface area contributed by atoms with E-state index in [-0.39, 0.29) is 22.5 Å². The van der Waals surface area contributed by atoms with E-state index in [1.54, 1.807) is 6.07 Å². The van der Waals surface area contributed by atoms with Crippen LogP contribution in [0.1, 0.15) is 45.6 Å². The molecular weight excluding hydrogens is 322 g/mol. The molecule has 0 aliphatic heterocycles. The summed E-state index contributed by atoms with van der Waals surface area (Å²) in [6, 6.07) is 4.36. The molecule has 0 aromatic heterocycles. The second-order valence-corrected chi connectivity index (χ2v) is 8.11. The van der Waals surface area contributed by atoms with Crippen LogP contribution < -0.4 is 10.7 Å². The molecule has 2 saturated carbocycles. The number of nitrogens with zero attached hydrogens (tertiary/aromatic N) is 1. The van der Waals surface area contributed by atoms with Crippen molar-refractivity contribution in [2.24, 2.45) is 22.4 Å². The number of hydrazone groups is 1. The molecule has 6 heteroatoms. The zero-order valence-corrected chi connectivity index (χ0v) is 15.2. The topological polar surface area (TPSA) is 76.9 Å². The van der Waals surface area contributed by atoms with Gasteiger partial charge in [-0.3, -0.25) is 5.43 Å².